The van der Waals surface area contributed by atoms with E-state index in [4.69, 9.17) is 0 Å². The van der Waals surface area contributed by atoms with E-state index in [9.17, 15) is 28.4 Å². The molecule has 0 aliphatic rings. The summed E-state index contributed by atoms with van der Waals surface area (Å²) >= 11 is 0. The van der Waals surface area contributed by atoms with Gasteiger partial charge >= 0.3 is 0 Å². The highest BCUT2D eigenvalue weighted by Crippen LogP contribution is 2.22. The van der Waals surface area contributed by atoms with Crippen LogP contribution < -0.4 is 9.83 Å². The summed E-state index contributed by atoms with van der Waals surface area (Å²) in [5.74, 6) is -1.43. The first-order valence-electron chi connectivity index (χ1n) is 6.81. The standard InChI is InChI=1S/C15H14N2O6S/c18-15(19)10-14(11-5-2-1-3-6-11)16-24(22,23)13-8-4-7-12(9-13)17(20)21/h1-9,14,16H,10H2,(H,18,19)/p-1/t14-/m0/s1. The lowest BCUT2D eigenvalue weighted by Gasteiger charge is -2.19. The minimum Gasteiger partial charge on any atom is -0.550 e. The molecule has 0 aliphatic carbocycles. The van der Waals surface area contributed by atoms with Gasteiger partial charge in [-0.3, -0.25) is 10.1 Å². The third kappa shape index (κ3) is 4.37. The number of nitro groups is 1. The van der Waals surface area contributed by atoms with Crippen molar-refractivity contribution in [3.05, 3.63) is 70.3 Å². The predicted octanol–water partition coefficient (Wildman–Crippen LogP) is 0.754. The van der Waals surface area contributed by atoms with Gasteiger partial charge in [-0.25, -0.2) is 13.1 Å². The zero-order valence-corrected chi connectivity index (χ0v) is 13.1. The van der Waals surface area contributed by atoms with Crippen LogP contribution in [0.5, 0.6) is 0 Å². The summed E-state index contributed by atoms with van der Waals surface area (Å²) in [7, 11) is -4.15. The summed E-state index contributed by atoms with van der Waals surface area (Å²) in [6.45, 7) is 0. The van der Waals surface area contributed by atoms with Gasteiger partial charge in [0.1, 0.15) is 0 Å². The number of nitro benzene ring substituents is 1. The van der Waals surface area contributed by atoms with Crippen molar-refractivity contribution in [2.24, 2.45) is 0 Å². The maximum atomic E-state index is 12.4. The zero-order valence-electron chi connectivity index (χ0n) is 12.3. The summed E-state index contributed by atoms with van der Waals surface area (Å²) in [5.41, 5.74) is 0.0599. The molecule has 2 rings (SSSR count). The Labute approximate surface area is 138 Å². The van der Waals surface area contributed by atoms with Crippen LogP contribution in [0.25, 0.3) is 0 Å². The van der Waals surface area contributed by atoms with Gasteiger partial charge in [0.05, 0.1) is 15.9 Å². The number of aliphatic carboxylic acids is 1. The Morgan fingerprint density at radius 2 is 1.79 bits per heavy atom. The topological polar surface area (TPSA) is 129 Å². The lowest BCUT2D eigenvalue weighted by Crippen LogP contribution is -2.34. The number of hydrogen-bond donors (Lipinski definition) is 1. The van der Waals surface area contributed by atoms with Gasteiger partial charge in [-0.05, 0) is 11.6 Å². The van der Waals surface area contributed by atoms with Crippen molar-refractivity contribution in [1.29, 1.82) is 0 Å². The SMILES string of the molecule is O=C([O-])C[C@H](NS(=O)(=O)c1cccc([N+](=O)[O-])c1)c1ccccc1. The van der Waals surface area contributed by atoms with Crippen LogP contribution >= 0.6 is 0 Å². The van der Waals surface area contributed by atoms with Crippen molar-refractivity contribution < 1.29 is 23.2 Å². The van der Waals surface area contributed by atoms with Crippen molar-refractivity contribution in [2.45, 2.75) is 17.4 Å². The van der Waals surface area contributed by atoms with E-state index in [0.717, 1.165) is 12.1 Å². The quantitative estimate of drug-likeness (QED) is 0.580. The van der Waals surface area contributed by atoms with Crippen molar-refractivity contribution in [3.63, 3.8) is 0 Å². The highest BCUT2D eigenvalue weighted by atomic mass is 32.2. The van der Waals surface area contributed by atoms with Crippen LogP contribution in [0.2, 0.25) is 0 Å². The van der Waals surface area contributed by atoms with Gasteiger partial charge in [-0.1, -0.05) is 36.4 Å². The highest BCUT2D eigenvalue weighted by Gasteiger charge is 2.23. The van der Waals surface area contributed by atoms with Crippen LogP contribution in [0.1, 0.15) is 18.0 Å². The second-order valence-electron chi connectivity index (χ2n) is 4.92. The van der Waals surface area contributed by atoms with Crippen molar-refractivity contribution in [2.75, 3.05) is 0 Å². The van der Waals surface area contributed by atoms with Gasteiger partial charge in [0.15, 0.2) is 0 Å². The Morgan fingerprint density at radius 3 is 2.38 bits per heavy atom. The Hall–Kier alpha value is -2.78. The maximum absolute atomic E-state index is 12.4. The number of hydrogen-bond acceptors (Lipinski definition) is 6. The fourth-order valence-electron chi connectivity index (χ4n) is 2.10. The second kappa shape index (κ2) is 7.20. The lowest BCUT2D eigenvalue weighted by molar-refractivity contribution is -0.385. The van der Waals surface area contributed by atoms with E-state index in [1.165, 1.54) is 12.1 Å². The van der Waals surface area contributed by atoms with E-state index in [1.807, 2.05) is 0 Å². The molecule has 126 valence electrons. The number of rotatable bonds is 7. The molecule has 0 amide bonds. The summed E-state index contributed by atoms with van der Waals surface area (Å²) in [6, 6.07) is 11.6. The van der Waals surface area contributed by atoms with Crippen LogP contribution in [-0.4, -0.2) is 19.3 Å². The predicted molar refractivity (Wildman–Crippen MR) is 82.2 cm³/mol. The van der Waals surface area contributed by atoms with Crippen LogP contribution in [0.4, 0.5) is 5.69 Å². The molecule has 2 aromatic rings. The first-order valence-corrected chi connectivity index (χ1v) is 8.29. The van der Waals surface area contributed by atoms with E-state index in [1.54, 1.807) is 30.3 Å². The van der Waals surface area contributed by atoms with Gasteiger partial charge in [0.25, 0.3) is 5.69 Å². The third-order valence-corrected chi connectivity index (χ3v) is 4.68. The van der Waals surface area contributed by atoms with Crippen LogP contribution in [0, 0.1) is 10.1 Å². The fraction of sp³-hybridized carbons (Fsp3) is 0.133. The number of carboxylic acid groups (broad SMARTS) is 1. The van der Waals surface area contributed by atoms with E-state index in [-0.39, 0.29) is 10.6 Å². The second-order valence-corrected chi connectivity index (χ2v) is 6.63. The van der Waals surface area contributed by atoms with Crippen LogP contribution in [-0.2, 0) is 14.8 Å². The average Bonchev–Trinajstić information content (AvgIpc) is 2.54. The highest BCUT2D eigenvalue weighted by molar-refractivity contribution is 7.89. The summed E-state index contributed by atoms with van der Waals surface area (Å²) < 4.78 is 27.1. The third-order valence-electron chi connectivity index (χ3n) is 3.21. The molecular formula is C15H13N2O6S-. The number of sulfonamides is 1. The fourth-order valence-corrected chi connectivity index (χ4v) is 3.36. The molecule has 0 saturated heterocycles. The molecule has 0 aliphatic heterocycles. The van der Waals surface area contributed by atoms with Crippen molar-refractivity contribution in [1.82, 2.24) is 4.72 Å². The molecule has 0 fully saturated rings. The Balaban J connectivity index is 2.35. The Morgan fingerprint density at radius 1 is 1.12 bits per heavy atom. The molecule has 9 heteroatoms. The number of carbonyl (C=O) groups is 1. The molecule has 0 unspecified atom stereocenters. The molecule has 2 aromatic carbocycles. The first kappa shape index (κ1) is 17.6. The van der Waals surface area contributed by atoms with Crippen LogP contribution in [0.3, 0.4) is 0 Å². The summed E-state index contributed by atoms with van der Waals surface area (Å²) in [5, 5.41) is 21.7. The molecular weight excluding hydrogens is 336 g/mol. The smallest absolute Gasteiger partial charge is 0.270 e. The minimum atomic E-state index is -4.15. The lowest BCUT2D eigenvalue weighted by atomic mass is 10.1. The number of benzene rings is 2. The molecule has 0 heterocycles. The molecule has 8 nitrogen and oxygen atoms in total. The number of carboxylic acids is 1. The first-order chi connectivity index (χ1) is 11.3. The minimum absolute atomic E-state index is 0.323. The number of carbonyl (C=O) groups excluding carboxylic acids is 1. The average molecular weight is 349 g/mol. The van der Waals surface area contributed by atoms with Gasteiger partial charge in [-0.2, -0.15) is 0 Å². The van der Waals surface area contributed by atoms with Gasteiger partial charge < -0.3 is 9.90 Å². The molecule has 0 aromatic heterocycles. The normalized spacial score (nSPS) is 12.5. The maximum Gasteiger partial charge on any atom is 0.270 e. The number of nitrogens with zero attached hydrogens (tertiary/aromatic N) is 1. The molecule has 1 atom stereocenters. The van der Waals surface area contributed by atoms with Gasteiger partial charge in [0, 0.05) is 24.5 Å². The van der Waals surface area contributed by atoms with E-state index in [2.05, 4.69) is 4.72 Å². The van der Waals surface area contributed by atoms with Crippen molar-refractivity contribution in [3.8, 4) is 0 Å². The molecule has 0 spiro atoms. The number of non-ortho nitro benzene ring substituents is 1. The largest absolute Gasteiger partial charge is 0.550 e. The monoisotopic (exact) mass is 349 g/mol. The van der Waals surface area contributed by atoms with Crippen LogP contribution in [0.15, 0.2) is 59.5 Å². The molecule has 0 saturated carbocycles. The van der Waals surface area contributed by atoms with Gasteiger partial charge in [-0.15, -0.1) is 0 Å². The van der Waals surface area contributed by atoms with Gasteiger partial charge in [0.2, 0.25) is 10.0 Å². The zero-order chi connectivity index (χ0) is 17.7. The molecule has 1 N–H and O–H groups in total. The summed E-state index contributed by atoms with van der Waals surface area (Å²) in [6.07, 6.45) is -0.571. The van der Waals surface area contributed by atoms with Crippen molar-refractivity contribution >= 4 is 21.7 Å². The van der Waals surface area contributed by atoms with E-state index in [0.29, 0.717) is 5.56 Å². The van der Waals surface area contributed by atoms with E-state index >= 15 is 0 Å². The number of nitrogens with one attached hydrogen (secondary N) is 1. The molecule has 0 radical (unpaired) electrons. The molecule has 0 bridgehead atoms. The molecule has 24 heavy (non-hydrogen) atoms. The Kier molecular flexibility index (Phi) is 5.27. The summed E-state index contributed by atoms with van der Waals surface area (Å²) in [4.78, 5) is 20.7. The Bertz CT molecular complexity index is 851. The van der Waals surface area contributed by atoms with E-state index < -0.39 is 33.4 Å².